The van der Waals surface area contributed by atoms with Crippen LogP contribution < -0.4 is 9.80 Å². The van der Waals surface area contributed by atoms with Crippen LogP contribution in [-0.2, 0) is 0 Å². The molecule has 8 heteroatoms. The van der Waals surface area contributed by atoms with E-state index in [9.17, 15) is 4.79 Å². The smallest absolute Gasteiger partial charge is 0.274 e. The van der Waals surface area contributed by atoms with E-state index in [1.54, 1.807) is 18.7 Å². The van der Waals surface area contributed by atoms with E-state index in [0.29, 0.717) is 17.8 Å². The predicted octanol–water partition coefficient (Wildman–Crippen LogP) is 1.91. The molecule has 2 fully saturated rings. The minimum absolute atomic E-state index is 0.0270. The number of amides is 1. The molecule has 0 bridgehead atoms. The second kappa shape index (κ2) is 7.69. The fraction of sp³-hybridized carbons (Fsp3) is 0.550. The molecule has 8 nitrogen and oxygen atoms in total. The molecule has 1 saturated heterocycles. The molecule has 148 valence electrons. The second-order valence-corrected chi connectivity index (χ2v) is 7.83. The maximum atomic E-state index is 12.7. The van der Waals surface area contributed by atoms with Gasteiger partial charge in [0.25, 0.3) is 5.91 Å². The third kappa shape index (κ3) is 3.90. The van der Waals surface area contributed by atoms with Crippen molar-refractivity contribution in [1.82, 2.24) is 24.8 Å². The van der Waals surface area contributed by atoms with Gasteiger partial charge in [-0.2, -0.15) is 0 Å². The Bertz CT molecular complexity index is 827. The number of nitrogens with zero attached hydrogens (tertiary/aromatic N) is 7. The lowest BCUT2D eigenvalue weighted by Crippen LogP contribution is -2.48. The van der Waals surface area contributed by atoms with Crippen molar-refractivity contribution in [3.8, 4) is 0 Å². The first-order valence-corrected chi connectivity index (χ1v) is 9.88. The van der Waals surface area contributed by atoms with Crippen LogP contribution in [0.1, 0.15) is 41.9 Å². The monoisotopic (exact) mass is 381 g/mol. The molecule has 0 unspecified atom stereocenters. The lowest BCUT2D eigenvalue weighted by Gasteiger charge is -2.39. The van der Waals surface area contributed by atoms with Crippen LogP contribution in [0.5, 0.6) is 0 Å². The second-order valence-electron chi connectivity index (χ2n) is 7.83. The molecule has 2 aromatic heterocycles. The van der Waals surface area contributed by atoms with Crippen molar-refractivity contribution in [2.45, 2.75) is 44.7 Å². The molecular formula is C20H27N7O. The topological polar surface area (TPSA) is 78.4 Å². The number of hydrogen-bond acceptors (Lipinski definition) is 7. The van der Waals surface area contributed by atoms with Crippen LogP contribution in [0.4, 0.5) is 11.6 Å². The van der Waals surface area contributed by atoms with E-state index in [1.165, 1.54) is 12.8 Å². The molecule has 28 heavy (non-hydrogen) atoms. The van der Waals surface area contributed by atoms with Gasteiger partial charge >= 0.3 is 0 Å². The van der Waals surface area contributed by atoms with Crippen LogP contribution in [0.15, 0.2) is 24.8 Å². The molecule has 1 saturated carbocycles. The summed E-state index contributed by atoms with van der Waals surface area (Å²) in [6.07, 6.45) is 9.15. The number of rotatable bonds is 5. The lowest BCUT2D eigenvalue weighted by atomic mass is 10.0. The van der Waals surface area contributed by atoms with Crippen molar-refractivity contribution in [3.63, 3.8) is 0 Å². The summed E-state index contributed by atoms with van der Waals surface area (Å²) in [6, 6.07) is 3.02. The molecule has 1 aliphatic heterocycles. The highest BCUT2D eigenvalue weighted by atomic mass is 16.2. The first-order valence-electron chi connectivity index (χ1n) is 9.88. The first-order chi connectivity index (χ1) is 13.5. The van der Waals surface area contributed by atoms with Gasteiger partial charge in [-0.05, 0) is 32.6 Å². The van der Waals surface area contributed by atoms with Gasteiger partial charge < -0.3 is 14.7 Å². The SMILES string of the molecule is Cc1cnc(C(=O)N2CCC(N(c3cc(N(C)C)ncn3)C3CC3)CC2)cn1. The number of likely N-dealkylation sites (tertiary alicyclic amines) is 1. The molecule has 0 N–H and O–H groups in total. The maximum absolute atomic E-state index is 12.7. The van der Waals surface area contributed by atoms with Crippen LogP contribution in [0.2, 0.25) is 0 Å². The van der Waals surface area contributed by atoms with E-state index in [4.69, 9.17) is 0 Å². The van der Waals surface area contributed by atoms with E-state index < -0.39 is 0 Å². The highest BCUT2D eigenvalue weighted by molar-refractivity contribution is 5.92. The van der Waals surface area contributed by atoms with Crippen molar-refractivity contribution in [2.75, 3.05) is 37.0 Å². The van der Waals surface area contributed by atoms with Crippen LogP contribution in [-0.4, -0.2) is 70.0 Å². The Labute approximate surface area is 165 Å². The van der Waals surface area contributed by atoms with E-state index in [-0.39, 0.29) is 5.91 Å². The highest BCUT2D eigenvalue weighted by Crippen LogP contribution is 2.36. The molecule has 0 aromatic carbocycles. The average molecular weight is 381 g/mol. The number of piperidine rings is 1. The number of anilines is 2. The van der Waals surface area contributed by atoms with E-state index >= 15 is 0 Å². The zero-order valence-electron chi connectivity index (χ0n) is 16.7. The number of aryl methyl sites for hydroxylation is 1. The Morgan fingerprint density at radius 3 is 2.25 bits per heavy atom. The molecular weight excluding hydrogens is 354 g/mol. The summed E-state index contributed by atoms with van der Waals surface area (Å²) >= 11 is 0. The number of carbonyl (C=O) groups excluding carboxylic acids is 1. The molecule has 1 aliphatic carbocycles. The fourth-order valence-electron chi connectivity index (χ4n) is 3.76. The number of hydrogen-bond donors (Lipinski definition) is 0. The van der Waals surface area contributed by atoms with Crippen LogP contribution in [0, 0.1) is 6.92 Å². The normalized spacial score (nSPS) is 17.5. The Morgan fingerprint density at radius 2 is 1.64 bits per heavy atom. The maximum Gasteiger partial charge on any atom is 0.274 e. The van der Waals surface area contributed by atoms with Crippen molar-refractivity contribution >= 4 is 17.5 Å². The summed E-state index contributed by atoms with van der Waals surface area (Å²) in [5.74, 6) is 1.89. The van der Waals surface area contributed by atoms with Crippen LogP contribution in [0.25, 0.3) is 0 Å². The van der Waals surface area contributed by atoms with Crippen molar-refractivity contribution in [3.05, 3.63) is 36.2 Å². The molecule has 0 atom stereocenters. The largest absolute Gasteiger partial charge is 0.363 e. The summed E-state index contributed by atoms with van der Waals surface area (Å²) in [5, 5.41) is 0. The molecule has 1 amide bonds. The van der Waals surface area contributed by atoms with E-state index in [2.05, 4.69) is 30.9 Å². The fourth-order valence-corrected chi connectivity index (χ4v) is 3.76. The van der Waals surface area contributed by atoms with Gasteiger partial charge in [0.2, 0.25) is 0 Å². The summed E-state index contributed by atoms with van der Waals surface area (Å²) < 4.78 is 0. The van der Waals surface area contributed by atoms with Crippen molar-refractivity contribution < 1.29 is 4.79 Å². The number of aromatic nitrogens is 4. The number of carbonyl (C=O) groups is 1. The zero-order valence-corrected chi connectivity index (χ0v) is 16.7. The summed E-state index contributed by atoms with van der Waals surface area (Å²) in [7, 11) is 3.98. The van der Waals surface area contributed by atoms with Crippen molar-refractivity contribution in [2.24, 2.45) is 0 Å². The summed E-state index contributed by atoms with van der Waals surface area (Å²) in [5.41, 5.74) is 1.24. The van der Waals surface area contributed by atoms with E-state index in [0.717, 1.165) is 43.3 Å². The van der Waals surface area contributed by atoms with Crippen LogP contribution in [0.3, 0.4) is 0 Å². The Hall–Kier alpha value is -2.77. The van der Waals surface area contributed by atoms with Crippen molar-refractivity contribution in [1.29, 1.82) is 0 Å². The standard InChI is InChI=1S/C20H27N7O/c1-14-11-22-17(12-21-14)20(28)26-8-6-16(7-9-26)27(15-4-5-15)19-10-18(25(2)3)23-13-24-19/h10-13,15-16H,4-9H2,1-3H3. The quantitative estimate of drug-likeness (QED) is 0.783. The van der Waals surface area contributed by atoms with Crippen LogP contribution >= 0.6 is 0 Å². The highest BCUT2D eigenvalue weighted by Gasteiger charge is 2.37. The van der Waals surface area contributed by atoms with Gasteiger partial charge in [0.15, 0.2) is 0 Å². The summed E-state index contributed by atoms with van der Waals surface area (Å²) in [4.78, 5) is 36.4. The Balaban J connectivity index is 1.45. The Kier molecular flexibility index (Phi) is 5.11. The lowest BCUT2D eigenvalue weighted by molar-refractivity contribution is 0.0705. The van der Waals surface area contributed by atoms with Gasteiger partial charge in [0, 0.05) is 51.5 Å². The van der Waals surface area contributed by atoms with Gasteiger partial charge in [-0.25, -0.2) is 15.0 Å². The molecule has 2 aliphatic rings. The Morgan fingerprint density at radius 1 is 0.964 bits per heavy atom. The van der Waals surface area contributed by atoms with Gasteiger partial charge in [0.1, 0.15) is 23.7 Å². The molecule has 0 spiro atoms. The predicted molar refractivity (Wildman–Crippen MR) is 108 cm³/mol. The third-order valence-corrected chi connectivity index (χ3v) is 5.45. The van der Waals surface area contributed by atoms with Gasteiger partial charge in [-0.1, -0.05) is 0 Å². The zero-order chi connectivity index (χ0) is 19.7. The third-order valence-electron chi connectivity index (χ3n) is 5.45. The minimum Gasteiger partial charge on any atom is -0.363 e. The average Bonchev–Trinajstić information content (AvgIpc) is 3.54. The first kappa shape index (κ1) is 18.6. The minimum atomic E-state index is -0.0270. The molecule has 3 heterocycles. The van der Waals surface area contributed by atoms with Gasteiger partial charge in [-0.3, -0.25) is 9.78 Å². The van der Waals surface area contributed by atoms with E-state index in [1.807, 2.05) is 30.8 Å². The van der Waals surface area contributed by atoms with Gasteiger partial charge in [-0.15, -0.1) is 0 Å². The molecule has 0 radical (unpaired) electrons. The van der Waals surface area contributed by atoms with Gasteiger partial charge in [0.05, 0.1) is 11.9 Å². The molecule has 2 aromatic rings. The molecule has 4 rings (SSSR count). The summed E-state index contributed by atoms with van der Waals surface area (Å²) in [6.45, 7) is 3.33.